The lowest BCUT2D eigenvalue weighted by atomic mass is 10.2. The molecule has 0 aliphatic carbocycles. The Morgan fingerprint density at radius 1 is 1.33 bits per heavy atom. The predicted molar refractivity (Wildman–Crippen MR) is 74.9 cm³/mol. The lowest BCUT2D eigenvalue weighted by molar-refractivity contribution is -0.137. The summed E-state index contributed by atoms with van der Waals surface area (Å²) in [6.45, 7) is 3.90. The minimum Gasteiger partial charge on any atom is -0.394 e. The first kappa shape index (κ1) is 17.4. The summed E-state index contributed by atoms with van der Waals surface area (Å²) in [6.07, 6.45) is 0.217. The zero-order valence-electron chi connectivity index (χ0n) is 12.4. The Kier molecular flexibility index (Phi) is 7.70. The number of amides is 1. The molecular formula is C14H22N4O3. The first-order valence-electron chi connectivity index (χ1n) is 7.11. The summed E-state index contributed by atoms with van der Waals surface area (Å²) in [6, 6.07) is 4.03. The van der Waals surface area contributed by atoms with Crippen LogP contribution in [0, 0.1) is 22.7 Å². The van der Waals surface area contributed by atoms with Gasteiger partial charge in [0.15, 0.2) is 0 Å². The average molecular weight is 294 g/mol. The molecule has 116 valence electrons. The van der Waals surface area contributed by atoms with Crippen LogP contribution in [0.5, 0.6) is 0 Å². The highest BCUT2D eigenvalue weighted by Gasteiger charge is 2.27. The van der Waals surface area contributed by atoms with Gasteiger partial charge in [0.25, 0.3) is 0 Å². The second kappa shape index (κ2) is 9.30. The van der Waals surface area contributed by atoms with Gasteiger partial charge in [0.1, 0.15) is 0 Å². The van der Waals surface area contributed by atoms with E-state index in [1.165, 1.54) is 0 Å². The highest BCUT2D eigenvalue weighted by molar-refractivity contribution is 5.78. The van der Waals surface area contributed by atoms with E-state index in [0.29, 0.717) is 26.2 Å². The summed E-state index contributed by atoms with van der Waals surface area (Å²) in [5.41, 5.74) is 0. The Balaban J connectivity index is 2.54. The van der Waals surface area contributed by atoms with E-state index in [4.69, 9.17) is 15.3 Å². The summed E-state index contributed by atoms with van der Waals surface area (Å²) in [7, 11) is 0. The van der Waals surface area contributed by atoms with E-state index in [1.54, 1.807) is 4.90 Å². The number of hydrogen-bond donors (Lipinski definition) is 1. The van der Waals surface area contributed by atoms with E-state index in [-0.39, 0.29) is 44.1 Å². The fraction of sp³-hybridized carbons (Fsp3) is 0.786. The molecule has 1 amide bonds. The summed E-state index contributed by atoms with van der Waals surface area (Å²) in [4.78, 5) is 15.8. The number of nitriles is 2. The van der Waals surface area contributed by atoms with Crippen molar-refractivity contribution in [3.63, 3.8) is 0 Å². The lowest BCUT2D eigenvalue weighted by Crippen LogP contribution is -2.51. The van der Waals surface area contributed by atoms with Crippen molar-refractivity contribution < 1.29 is 14.6 Å². The molecule has 0 spiro atoms. The first-order chi connectivity index (χ1) is 10.1. The molecule has 7 nitrogen and oxygen atoms in total. The van der Waals surface area contributed by atoms with Gasteiger partial charge in [-0.05, 0) is 6.92 Å². The third-order valence-electron chi connectivity index (χ3n) is 3.30. The third-order valence-corrected chi connectivity index (χ3v) is 3.30. The highest BCUT2D eigenvalue weighted by Crippen LogP contribution is 2.11. The van der Waals surface area contributed by atoms with E-state index in [2.05, 4.69) is 0 Å². The topological polar surface area (TPSA) is 101 Å². The van der Waals surface area contributed by atoms with Crippen molar-refractivity contribution in [2.24, 2.45) is 0 Å². The first-order valence-corrected chi connectivity index (χ1v) is 7.11. The Hall–Kier alpha value is -1.67. The molecular weight excluding hydrogens is 272 g/mol. The predicted octanol–water partition coefficient (Wildman–Crippen LogP) is -0.276. The highest BCUT2D eigenvalue weighted by atomic mass is 16.5. The Morgan fingerprint density at radius 3 is 2.48 bits per heavy atom. The van der Waals surface area contributed by atoms with Gasteiger partial charge in [0, 0.05) is 26.2 Å². The molecule has 1 aliphatic heterocycles. The Bertz CT molecular complexity index is 397. The average Bonchev–Trinajstić information content (AvgIpc) is 2.46. The Morgan fingerprint density at radius 2 is 1.95 bits per heavy atom. The van der Waals surface area contributed by atoms with E-state index in [0.717, 1.165) is 0 Å². The van der Waals surface area contributed by atoms with Crippen LogP contribution in [0.25, 0.3) is 0 Å². The number of aliphatic hydroxyl groups is 1. The monoisotopic (exact) mass is 294 g/mol. The van der Waals surface area contributed by atoms with Crippen LogP contribution in [-0.2, 0) is 9.53 Å². The number of carbonyl (C=O) groups excluding carboxylic acids is 1. The van der Waals surface area contributed by atoms with Crippen LogP contribution in [0.3, 0.4) is 0 Å². The minimum atomic E-state index is -0.270. The number of carbonyl (C=O) groups is 1. The molecule has 0 aromatic carbocycles. The molecule has 2 atom stereocenters. The smallest absolute Gasteiger partial charge is 0.236 e. The molecule has 1 aliphatic rings. The van der Waals surface area contributed by atoms with E-state index >= 15 is 0 Å². The van der Waals surface area contributed by atoms with Crippen molar-refractivity contribution in [2.45, 2.75) is 32.0 Å². The van der Waals surface area contributed by atoms with Gasteiger partial charge in [-0.3, -0.25) is 9.69 Å². The molecule has 21 heavy (non-hydrogen) atoms. The van der Waals surface area contributed by atoms with Crippen molar-refractivity contribution in [1.29, 1.82) is 10.5 Å². The van der Waals surface area contributed by atoms with E-state index in [9.17, 15) is 9.90 Å². The molecule has 7 heteroatoms. The quantitative estimate of drug-likeness (QED) is 0.693. The number of hydrogen-bond acceptors (Lipinski definition) is 6. The van der Waals surface area contributed by atoms with Crippen LogP contribution in [0.4, 0.5) is 0 Å². The summed E-state index contributed by atoms with van der Waals surface area (Å²) >= 11 is 0. The van der Waals surface area contributed by atoms with Crippen LogP contribution < -0.4 is 0 Å². The van der Waals surface area contributed by atoms with Crippen LogP contribution in [0.2, 0.25) is 0 Å². The molecule has 0 aromatic rings. The Labute approximate surface area is 125 Å². The number of ether oxygens (including phenoxy) is 1. The molecule has 0 radical (unpaired) electrons. The number of rotatable bonds is 7. The van der Waals surface area contributed by atoms with Gasteiger partial charge in [-0.15, -0.1) is 0 Å². The second-order valence-corrected chi connectivity index (χ2v) is 5.14. The molecule has 0 bridgehead atoms. The zero-order chi connectivity index (χ0) is 15.7. The van der Waals surface area contributed by atoms with Gasteiger partial charge in [0.05, 0.1) is 50.3 Å². The van der Waals surface area contributed by atoms with E-state index < -0.39 is 0 Å². The largest absolute Gasteiger partial charge is 0.394 e. The number of nitrogens with zero attached hydrogens (tertiary/aromatic N) is 4. The van der Waals surface area contributed by atoms with Crippen molar-refractivity contribution >= 4 is 5.91 Å². The van der Waals surface area contributed by atoms with Crippen molar-refractivity contribution in [1.82, 2.24) is 9.80 Å². The molecule has 1 fully saturated rings. The van der Waals surface area contributed by atoms with Crippen molar-refractivity contribution in [3.8, 4) is 12.1 Å². The third kappa shape index (κ3) is 6.09. The van der Waals surface area contributed by atoms with Gasteiger partial charge in [-0.2, -0.15) is 10.5 Å². The molecule has 0 aromatic heterocycles. The van der Waals surface area contributed by atoms with Gasteiger partial charge in [-0.25, -0.2) is 0 Å². The van der Waals surface area contributed by atoms with Crippen LogP contribution >= 0.6 is 0 Å². The normalized spacial score (nSPS) is 22.3. The SMILES string of the molecule is CC1CN(CC(=O)N(CCC#N)CCC#N)CC(CO)O1. The second-order valence-electron chi connectivity index (χ2n) is 5.14. The van der Waals surface area contributed by atoms with Gasteiger partial charge in [-0.1, -0.05) is 0 Å². The standard InChI is InChI=1S/C14H22N4O3/c1-12-8-17(9-13(11-19)21-12)10-14(20)18(6-2-4-15)7-3-5-16/h12-13,19H,2-3,6-11H2,1H3. The van der Waals surface area contributed by atoms with Crippen LogP contribution in [0.1, 0.15) is 19.8 Å². The fourth-order valence-corrected chi connectivity index (χ4v) is 2.39. The summed E-state index contributed by atoms with van der Waals surface area (Å²) < 4.78 is 5.53. The molecule has 1 saturated heterocycles. The maximum absolute atomic E-state index is 12.3. The minimum absolute atomic E-state index is 0.0321. The fourth-order valence-electron chi connectivity index (χ4n) is 2.39. The summed E-state index contributed by atoms with van der Waals surface area (Å²) in [5.74, 6) is -0.0914. The molecule has 1 heterocycles. The zero-order valence-corrected chi connectivity index (χ0v) is 12.4. The van der Waals surface area contributed by atoms with Gasteiger partial charge < -0.3 is 14.7 Å². The van der Waals surface area contributed by atoms with E-state index in [1.807, 2.05) is 24.0 Å². The van der Waals surface area contributed by atoms with Gasteiger partial charge in [0.2, 0.25) is 5.91 Å². The number of aliphatic hydroxyl groups excluding tert-OH is 1. The van der Waals surface area contributed by atoms with Crippen molar-refractivity contribution in [3.05, 3.63) is 0 Å². The molecule has 0 saturated carbocycles. The number of morpholine rings is 1. The summed E-state index contributed by atoms with van der Waals surface area (Å²) in [5, 5.41) is 26.5. The van der Waals surface area contributed by atoms with Crippen LogP contribution in [-0.4, -0.2) is 72.4 Å². The maximum atomic E-state index is 12.3. The lowest BCUT2D eigenvalue weighted by Gasteiger charge is -2.36. The molecule has 1 rings (SSSR count). The maximum Gasteiger partial charge on any atom is 0.236 e. The van der Waals surface area contributed by atoms with Crippen LogP contribution in [0.15, 0.2) is 0 Å². The van der Waals surface area contributed by atoms with Crippen molar-refractivity contribution in [2.75, 3.05) is 39.3 Å². The molecule has 1 N–H and O–H groups in total. The van der Waals surface area contributed by atoms with Gasteiger partial charge >= 0.3 is 0 Å². The molecule has 2 unspecified atom stereocenters.